The molecular formula is C14H24N4. The van der Waals surface area contributed by atoms with Gasteiger partial charge >= 0.3 is 0 Å². The van der Waals surface area contributed by atoms with Gasteiger partial charge in [-0.05, 0) is 50.0 Å². The maximum absolute atomic E-state index is 4.07. The third-order valence-corrected chi connectivity index (χ3v) is 4.98. The summed E-state index contributed by atoms with van der Waals surface area (Å²) < 4.78 is 1.92. The van der Waals surface area contributed by atoms with E-state index >= 15 is 0 Å². The zero-order chi connectivity index (χ0) is 12.5. The van der Waals surface area contributed by atoms with Crippen LogP contribution in [-0.4, -0.2) is 21.5 Å². The van der Waals surface area contributed by atoms with Crippen molar-refractivity contribution in [1.29, 1.82) is 0 Å². The summed E-state index contributed by atoms with van der Waals surface area (Å²) in [4.78, 5) is 0. The molecule has 2 bridgehead atoms. The molecule has 18 heavy (non-hydrogen) atoms. The number of nitrogens with one attached hydrogen (secondary N) is 1. The first-order chi connectivity index (χ1) is 8.78. The maximum Gasteiger partial charge on any atom is 0.0753 e. The molecule has 0 amide bonds. The fraction of sp³-hybridized carbons (Fsp3) is 0.857. The number of nitrogens with zero attached hydrogens (tertiary/aromatic N) is 3. The van der Waals surface area contributed by atoms with Crippen molar-refractivity contribution in [3.63, 3.8) is 0 Å². The summed E-state index contributed by atoms with van der Waals surface area (Å²) >= 11 is 0. The zero-order valence-corrected chi connectivity index (χ0v) is 11.5. The van der Waals surface area contributed by atoms with Gasteiger partial charge in [-0.3, -0.25) is 4.68 Å². The highest BCUT2D eigenvalue weighted by Crippen LogP contribution is 2.50. The number of aromatic nitrogens is 3. The molecule has 1 aromatic rings. The Labute approximate surface area is 109 Å². The lowest BCUT2D eigenvalue weighted by molar-refractivity contribution is 0.276. The van der Waals surface area contributed by atoms with Gasteiger partial charge in [-0.2, -0.15) is 0 Å². The van der Waals surface area contributed by atoms with Crippen LogP contribution in [-0.2, 0) is 7.05 Å². The van der Waals surface area contributed by atoms with E-state index in [1.807, 2.05) is 17.9 Å². The van der Waals surface area contributed by atoms with E-state index in [1.165, 1.54) is 37.8 Å². The Bertz CT molecular complexity index is 400. The van der Waals surface area contributed by atoms with Crippen molar-refractivity contribution in [2.45, 2.75) is 45.1 Å². The Morgan fingerprint density at radius 1 is 1.44 bits per heavy atom. The summed E-state index contributed by atoms with van der Waals surface area (Å²) in [6, 6.07) is 0.430. The second-order valence-corrected chi connectivity index (χ2v) is 6.06. The van der Waals surface area contributed by atoms with Crippen molar-refractivity contribution >= 4 is 0 Å². The van der Waals surface area contributed by atoms with Crippen LogP contribution in [0.5, 0.6) is 0 Å². The van der Waals surface area contributed by atoms with Gasteiger partial charge in [0.15, 0.2) is 0 Å². The Morgan fingerprint density at radius 3 is 2.89 bits per heavy atom. The maximum atomic E-state index is 4.07. The fourth-order valence-electron chi connectivity index (χ4n) is 4.14. The van der Waals surface area contributed by atoms with Crippen LogP contribution in [0.3, 0.4) is 0 Å². The molecule has 3 rings (SSSR count). The molecule has 2 fully saturated rings. The number of aryl methyl sites for hydroxylation is 1. The molecule has 4 heteroatoms. The summed E-state index contributed by atoms with van der Waals surface area (Å²) in [5.41, 5.74) is 1.24. The Kier molecular flexibility index (Phi) is 3.37. The van der Waals surface area contributed by atoms with Crippen molar-refractivity contribution in [2.24, 2.45) is 24.8 Å². The first kappa shape index (κ1) is 12.2. The van der Waals surface area contributed by atoms with Gasteiger partial charge < -0.3 is 5.32 Å². The standard InChI is InChI=1S/C14H24N4/c1-3-15-13(14-9-16-17-18(14)2)8-12-7-10-4-5-11(12)6-10/h9-13,15H,3-8H2,1-2H3. The van der Waals surface area contributed by atoms with E-state index in [-0.39, 0.29) is 0 Å². The predicted molar refractivity (Wildman–Crippen MR) is 71.0 cm³/mol. The molecule has 2 saturated carbocycles. The third kappa shape index (κ3) is 2.18. The Balaban J connectivity index is 1.69. The first-order valence-electron chi connectivity index (χ1n) is 7.36. The number of hydrogen-bond donors (Lipinski definition) is 1. The molecule has 100 valence electrons. The van der Waals surface area contributed by atoms with Crippen LogP contribution in [0.1, 0.15) is 50.8 Å². The lowest BCUT2D eigenvalue weighted by Gasteiger charge is -2.27. The van der Waals surface area contributed by atoms with Crippen molar-refractivity contribution in [3.8, 4) is 0 Å². The van der Waals surface area contributed by atoms with Crippen LogP contribution in [0.4, 0.5) is 0 Å². The van der Waals surface area contributed by atoms with Crippen molar-refractivity contribution < 1.29 is 0 Å². The number of rotatable bonds is 5. The SMILES string of the molecule is CCNC(CC1CC2CCC1C2)c1cnnn1C. The van der Waals surface area contributed by atoms with Crippen LogP contribution < -0.4 is 5.32 Å². The summed E-state index contributed by atoms with van der Waals surface area (Å²) in [5.74, 6) is 2.95. The van der Waals surface area contributed by atoms with E-state index in [0.717, 1.165) is 24.3 Å². The van der Waals surface area contributed by atoms with Gasteiger partial charge in [0.1, 0.15) is 0 Å². The summed E-state index contributed by atoms with van der Waals surface area (Å²) in [6.07, 6.45) is 9.08. The summed E-state index contributed by atoms with van der Waals surface area (Å²) in [7, 11) is 1.99. The normalized spacial score (nSPS) is 32.0. The molecule has 0 radical (unpaired) electrons. The summed E-state index contributed by atoms with van der Waals surface area (Å²) in [6.45, 7) is 3.19. The van der Waals surface area contributed by atoms with Gasteiger partial charge in [-0.15, -0.1) is 5.10 Å². The highest BCUT2D eigenvalue weighted by atomic mass is 15.4. The minimum Gasteiger partial charge on any atom is -0.309 e. The third-order valence-electron chi connectivity index (χ3n) is 4.98. The molecule has 4 unspecified atom stereocenters. The van der Waals surface area contributed by atoms with E-state index in [2.05, 4.69) is 22.6 Å². The average molecular weight is 248 g/mol. The number of hydrogen-bond acceptors (Lipinski definition) is 3. The first-order valence-corrected chi connectivity index (χ1v) is 7.36. The van der Waals surface area contributed by atoms with Crippen LogP contribution >= 0.6 is 0 Å². The second-order valence-electron chi connectivity index (χ2n) is 6.06. The monoisotopic (exact) mass is 248 g/mol. The average Bonchev–Trinajstić information content (AvgIpc) is 3.04. The van der Waals surface area contributed by atoms with Gasteiger partial charge in [0.2, 0.25) is 0 Å². The largest absolute Gasteiger partial charge is 0.309 e. The minimum absolute atomic E-state index is 0.430. The quantitative estimate of drug-likeness (QED) is 0.869. The molecular weight excluding hydrogens is 224 g/mol. The smallest absolute Gasteiger partial charge is 0.0753 e. The molecule has 4 nitrogen and oxygen atoms in total. The van der Waals surface area contributed by atoms with E-state index in [9.17, 15) is 0 Å². The van der Waals surface area contributed by atoms with Gasteiger partial charge in [0, 0.05) is 7.05 Å². The second kappa shape index (κ2) is 5.00. The molecule has 0 spiro atoms. The van der Waals surface area contributed by atoms with Crippen LogP contribution in [0.15, 0.2) is 6.20 Å². The van der Waals surface area contributed by atoms with Crippen molar-refractivity contribution in [3.05, 3.63) is 11.9 Å². The minimum atomic E-state index is 0.430. The van der Waals surface area contributed by atoms with Gasteiger partial charge in [0.25, 0.3) is 0 Å². The van der Waals surface area contributed by atoms with Gasteiger partial charge in [-0.1, -0.05) is 18.6 Å². The lowest BCUT2D eigenvalue weighted by atomic mass is 9.83. The topological polar surface area (TPSA) is 42.7 Å². The summed E-state index contributed by atoms with van der Waals surface area (Å²) in [5, 5.41) is 11.7. The van der Waals surface area contributed by atoms with Gasteiger partial charge in [-0.25, -0.2) is 0 Å². The predicted octanol–water partition coefficient (Wildman–Crippen LogP) is 2.29. The highest BCUT2D eigenvalue weighted by Gasteiger charge is 2.40. The Hall–Kier alpha value is -0.900. The van der Waals surface area contributed by atoms with E-state index in [0.29, 0.717) is 6.04 Å². The molecule has 1 N–H and O–H groups in total. The molecule has 1 heterocycles. The van der Waals surface area contributed by atoms with Gasteiger partial charge in [0.05, 0.1) is 17.9 Å². The lowest BCUT2D eigenvalue weighted by Crippen LogP contribution is -2.27. The van der Waals surface area contributed by atoms with E-state index in [4.69, 9.17) is 0 Å². The fourth-order valence-corrected chi connectivity index (χ4v) is 4.14. The molecule has 0 saturated heterocycles. The van der Waals surface area contributed by atoms with E-state index in [1.54, 1.807) is 0 Å². The molecule has 2 aliphatic rings. The Morgan fingerprint density at radius 2 is 2.33 bits per heavy atom. The molecule has 4 atom stereocenters. The van der Waals surface area contributed by atoms with Crippen molar-refractivity contribution in [2.75, 3.05) is 6.54 Å². The molecule has 0 aliphatic heterocycles. The number of fused-ring (bicyclic) bond motifs is 2. The molecule has 1 aromatic heterocycles. The molecule has 0 aromatic carbocycles. The van der Waals surface area contributed by atoms with E-state index < -0.39 is 0 Å². The highest BCUT2D eigenvalue weighted by molar-refractivity contribution is 5.04. The van der Waals surface area contributed by atoms with Crippen LogP contribution in [0, 0.1) is 17.8 Å². The van der Waals surface area contributed by atoms with Crippen LogP contribution in [0.2, 0.25) is 0 Å². The van der Waals surface area contributed by atoms with Crippen molar-refractivity contribution in [1.82, 2.24) is 20.3 Å². The molecule has 2 aliphatic carbocycles. The zero-order valence-electron chi connectivity index (χ0n) is 11.5. The van der Waals surface area contributed by atoms with Crippen LogP contribution in [0.25, 0.3) is 0 Å².